The number of rotatable bonds is 3. The van der Waals surface area contributed by atoms with Gasteiger partial charge < -0.3 is 9.80 Å². The first-order chi connectivity index (χ1) is 11.9. The van der Waals surface area contributed by atoms with Crippen molar-refractivity contribution in [1.29, 1.82) is 0 Å². The van der Waals surface area contributed by atoms with Gasteiger partial charge in [-0.25, -0.2) is 0 Å². The van der Waals surface area contributed by atoms with Crippen LogP contribution in [-0.4, -0.2) is 50.5 Å². The number of hydrogen-bond donors (Lipinski definition) is 0. The van der Waals surface area contributed by atoms with Crippen LogP contribution in [0.3, 0.4) is 0 Å². The highest BCUT2D eigenvalue weighted by Gasteiger charge is 2.35. The minimum Gasteiger partial charge on any atom is -0.339 e. The van der Waals surface area contributed by atoms with Crippen LogP contribution >= 0.6 is 0 Å². The van der Waals surface area contributed by atoms with Gasteiger partial charge in [0, 0.05) is 50.8 Å². The molecule has 0 N–H and O–H groups in total. The van der Waals surface area contributed by atoms with Gasteiger partial charge in [0.05, 0.1) is 11.7 Å². The van der Waals surface area contributed by atoms with Crippen LogP contribution in [0.25, 0.3) is 0 Å². The predicted molar refractivity (Wildman–Crippen MR) is 96.0 cm³/mol. The highest BCUT2D eigenvalue weighted by Crippen LogP contribution is 2.36. The SMILES string of the molecule is CC(=O)N1CCCC[C@H]1CC(=O)N1CCC[C@@H]1c1c(C)nn(C)c1C. The molecular formula is C19H30N4O2. The monoisotopic (exact) mass is 346 g/mol. The van der Waals surface area contributed by atoms with Crippen molar-refractivity contribution >= 4 is 11.8 Å². The van der Waals surface area contributed by atoms with Crippen LogP contribution in [-0.2, 0) is 16.6 Å². The summed E-state index contributed by atoms with van der Waals surface area (Å²) in [5.41, 5.74) is 3.37. The largest absolute Gasteiger partial charge is 0.339 e. The van der Waals surface area contributed by atoms with E-state index in [0.29, 0.717) is 6.42 Å². The van der Waals surface area contributed by atoms with E-state index in [1.54, 1.807) is 6.92 Å². The second-order valence-electron chi connectivity index (χ2n) is 7.52. The molecule has 6 nitrogen and oxygen atoms in total. The summed E-state index contributed by atoms with van der Waals surface area (Å²) >= 11 is 0. The van der Waals surface area contributed by atoms with Gasteiger partial charge in [-0.1, -0.05) is 0 Å². The first kappa shape index (κ1) is 18.0. The third kappa shape index (κ3) is 3.44. The van der Waals surface area contributed by atoms with Gasteiger partial charge in [-0.2, -0.15) is 5.10 Å². The molecule has 0 radical (unpaired) electrons. The third-order valence-electron chi connectivity index (χ3n) is 5.91. The molecule has 138 valence electrons. The lowest BCUT2D eigenvalue weighted by molar-refractivity contribution is -0.137. The van der Waals surface area contributed by atoms with Gasteiger partial charge >= 0.3 is 0 Å². The molecule has 0 bridgehead atoms. The maximum Gasteiger partial charge on any atom is 0.225 e. The number of hydrogen-bond acceptors (Lipinski definition) is 3. The Bertz CT molecular complexity index is 667. The van der Waals surface area contributed by atoms with E-state index in [1.807, 2.05) is 28.5 Å². The molecule has 0 saturated carbocycles. The van der Waals surface area contributed by atoms with Crippen molar-refractivity contribution in [3.63, 3.8) is 0 Å². The summed E-state index contributed by atoms with van der Waals surface area (Å²) in [4.78, 5) is 28.9. The van der Waals surface area contributed by atoms with Crippen LogP contribution < -0.4 is 0 Å². The zero-order valence-electron chi connectivity index (χ0n) is 15.9. The molecule has 2 amide bonds. The summed E-state index contributed by atoms with van der Waals surface area (Å²) in [6.45, 7) is 7.32. The Labute approximate surface area is 150 Å². The molecule has 2 aliphatic heterocycles. The maximum absolute atomic E-state index is 13.1. The van der Waals surface area contributed by atoms with Crippen LogP contribution in [0.4, 0.5) is 0 Å². The Morgan fingerprint density at radius 2 is 1.80 bits per heavy atom. The molecule has 6 heteroatoms. The maximum atomic E-state index is 13.1. The van der Waals surface area contributed by atoms with E-state index in [1.165, 1.54) is 5.56 Å². The zero-order valence-corrected chi connectivity index (χ0v) is 15.9. The number of likely N-dealkylation sites (tertiary alicyclic amines) is 2. The quantitative estimate of drug-likeness (QED) is 0.845. The summed E-state index contributed by atoms with van der Waals surface area (Å²) in [7, 11) is 1.96. The van der Waals surface area contributed by atoms with Gasteiger partial charge in [0.15, 0.2) is 0 Å². The van der Waals surface area contributed by atoms with Crippen molar-refractivity contribution in [2.75, 3.05) is 13.1 Å². The van der Waals surface area contributed by atoms with E-state index in [-0.39, 0.29) is 23.9 Å². The van der Waals surface area contributed by atoms with Gasteiger partial charge in [0.25, 0.3) is 0 Å². The number of carbonyl (C=O) groups is 2. The number of piperidine rings is 1. The Morgan fingerprint density at radius 1 is 1.08 bits per heavy atom. The summed E-state index contributed by atoms with van der Waals surface area (Å²) in [6.07, 6.45) is 5.57. The Balaban J connectivity index is 1.75. The second-order valence-corrected chi connectivity index (χ2v) is 7.52. The average Bonchev–Trinajstić information content (AvgIpc) is 3.12. The minimum absolute atomic E-state index is 0.0658. The third-order valence-corrected chi connectivity index (χ3v) is 5.91. The van der Waals surface area contributed by atoms with Gasteiger partial charge in [0.1, 0.15) is 0 Å². The van der Waals surface area contributed by atoms with Crippen molar-refractivity contribution in [3.8, 4) is 0 Å². The standard InChI is InChI=1S/C19H30N4O2/c1-13-19(14(2)21(4)20-13)17-9-7-11-23(17)18(25)12-16-8-5-6-10-22(16)15(3)24/h16-17H,5-12H2,1-4H3/t16-,17+/m0/s1. The van der Waals surface area contributed by atoms with Crippen molar-refractivity contribution < 1.29 is 9.59 Å². The molecule has 3 rings (SSSR count). The molecule has 2 fully saturated rings. The van der Waals surface area contributed by atoms with E-state index in [0.717, 1.165) is 56.6 Å². The lowest BCUT2D eigenvalue weighted by Gasteiger charge is -2.36. The zero-order chi connectivity index (χ0) is 18.1. The molecule has 1 aromatic heterocycles. The van der Waals surface area contributed by atoms with Crippen molar-refractivity contribution in [2.45, 2.75) is 71.4 Å². The van der Waals surface area contributed by atoms with Crippen LogP contribution in [0.5, 0.6) is 0 Å². The molecule has 2 atom stereocenters. The fourth-order valence-electron chi connectivity index (χ4n) is 4.58. The summed E-state index contributed by atoms with van der Waals surface area (Å²) in [6, 6.07) is 0.201. The lowest BCUT2D eigenvalue weighted by atomic mass is 9.97. The fourth-order valence-corrected chi connectivity index (χ4v) is 4.58. The Hall–Kier alpha value is -1.85. The fraction of sp³-hybridized carbons (Fsp3) is 0.737. The molecule has 25 heavy (non-hydrogen) atoms. The molecule has 1 aromatic rings. The molecule has 0 aliphatic carbocycles. The van der Waals surface area contributed by atoms with Crippen molar-refractivity contribution in [2.24, 2.45) is 7.05 Å². The Morgan fingerprint density at radius 3 is 2.44 bits per heavy atom. The topological polar surface area (TPSA) is 58.4 Å². The molecule has 0 unspecified atom stereocenters. The molecule has 3 heterocycles. The summed E-state index contributed by atoms with van der Waals surface area (Å²) < 4.78 is 1.91. The van der Waals surface area contributed by atoms with E-state index >= 15 is 0 Å². The molecule has 0 spiro atoms. The first-order valence-electron chi connectivity index (χ1n) is 9.47. The second kappa shape index (κ2) is 7.18. The van der Waals surface area contributed by atoms with Gasteiger partial charge in [-0.15, -0.1) is 0 Å². The first-order valence-corrected chi connectivity index (χ1v) is 9.47. The minimum atomic E-state index is 0.0658. The molecule has 2 aliphatic rings. The van der Waals surface area contributed by atoms with Gasteiger partial charge in [0.2, 0.25) is 11.8 Å². The summed E-state index contributed by atoms with van der Waals surface area (Å²) in [5.74, 6) is 0.276. The molecule has 0 aromatic carbocycles. The number of aromatic nitrogens is 2. The summed E-state index contributed by atoms with van der Waals surface area (Å²) in [5, 5.41) is 4.53. The van der Waals surface area contributed by atoms with Gasteiger partial charge in [-0.3, -0.25) is 14.3 Å². The van der Waals surface area contributed by atoms with Crippen LogP contribution in [0.1, 0.15) is 68.4 Å². The van der Waals surface area contributed by atoms with Crippen LogP contribution in [0.2, 0.25) is 0 Å². The van der Waals surface area contributed by atoms with E-state index in [4.69, 9.17) is 0 Å². The molecule has 2 saturated heterocycles. The number of carbonyl (C=O) groups excluding carboxylic acids is 2. The normalized spacial score (nSPS) is 24.0. The van der Waals surface area contributed by atoms with Crippen molar-refractivity contribution in [1.82, 2.24) is 19.6 Å². The van der Waals surface area contributed by atoms with Crippen molar-refractivity contribution in [3.05, 3.63) is 17.0 Å². The predicted octanol–water partition coefficient (Wildman–Crippen LogP) is 2.49. The Kier molecular flexibility index (Phi) is 5.16. The highest BCUT2D eigenvalue weighted by atomic mass is 16.2. The average molecular weight is 346 g/mol. The lowest BCUT2D eigenvalue weighted by Crippen LogP contribution is -2.45. The number of amides is 2. The van der Waals surface area contributed by atoms with Crippen LogP contribution in [0, 0.1) is 13.8 Å². The number of nitrogens with zero attached hydrogens (tertiary/aromatic N) is 4. The number of aryl methyl sites for hydroxylation is 2. The van der Waals surface area contributed by atoms with E-state index in [9.17, 15) is 9.59 Å². The van der Waals surface area contributed by atoms with Crippen LogP contribution in [0.15, 0.2) is 0 Å². The smallest absolute Gasteiger partial charge is 0.225 e. The molecular weight excluding hydrogens is 316 g/mol. The highest BCUT2D eigenvalue weighted by molar-refractivity contribution is 5.79. The van der Waals surface area contributed by atoms with Gasteiger partial charge in [-0.05, 0) is 46.0 Å². The van der Waals surface area contributed by atoms with E-state index < -0.39 is 0 Å². The van der Waals surface area contributed by atoms with E-state index in [2.05, 4.69) is 12.0 Å².